The summed E-state index contributed by atoms with van der Waals surface area (Å²) in [6, 6.07) is -0.0116. The minimum Gasteiger partial charge on any atom is -0.388 e. The van der Waals surface area contributed by atoms with Crippen LogP contribution in [-0.4, -0.2) is 35.7 Å². The largest absolute Gasteiger partial charge is 0.388 e. The third-order valence-corrected chi connectivity index (χ3v) is 5.15. The van der Waals surface area contributed by atoms with Crippen LogP contribution >= 0.6 is 0 Å². The number of aliphatic hydroxyl groups is 1. The number of fused-ring (bicyclic) bond motifs is 1. The molecule has 0 bridgehead atoms. The van der Waals surface area contributed by atoms with Crippen molar-refractivity contribution in [2.24, 2.45) is 11.8 Å². The number of amides is 1. The molecule has 3 rings (SSSR count). The number of carbonyl (C=O) groups is 1. The lowest BCUT2D eigenvalue weighted by Crippen LogP contribution is -2.48. The molecule has 0 aromatic carbocycles. The Hall–Kier alpha value is -0.610. The Bertz CT molecular complexity index is 326. The third-order valence-electron chi connectivity index (χ3n) is 5.15. The van der Waals surface area contributed by atoms with Gasteiger partial charge in [-0.1, -0.05) is 19.3 Å². The summed E-state index contributed by atoms with van der Waals surface area (Å²) in [4.78, 5) is 12.2. The smallest absolute Gasteiger partial charge is 0.237 e. The van der Waals surface area contributed by atoms with Crippen molar-refractivity contribution in [1.29, 1.82) is 0 Å². The van der Waals surface area contributed by atoms with E-state index in [9.17, 15) is 9.90 Å². The highest BCUT2D eigenvalue weighted by Gasteiger charge is 2.42. The zero-order valence-electron chi connectivity index (χ0n) is 11.0. The first-order valence-corrected chi connectivity index (χ1v) is 7.41. The average molecular weight is 252 g/mol. The van der Waals surface area contributed by atoms with Gasteiger partial charge in [0.25, 0.3) is 0 Å². The molecular weight excluding hydrogens is 228 g/mol. The predicted molar refractivity (Wildman–Crippen MR) is 69.0 cm³/mol. The van der Waals surface area contributed by atoms with Gasteiger partial charge in [-0.3, -0.25) is 4.79 Å². The van der Waals surface area contributed by atoms with Crippen LogP contribution < -0.4 is 10.6 Å². The average Bonchev–Trinajstić information content (AvgIpc) is 3.01. The molecular formula is C14H24N2O2. The van der Waals surface area contributed by atoms with Crippen molar-refractivity contribution in [2.75, 3.05) is 13.1 Å². The van der Waals surface area contributed by atoms with Gasteiger partial charge in [0, 0.05) is 6.54 Å². The summed E-state index contributed by atoms with van der Waals surface area (Å²) in [5, 5.41) is 16.6. The Labute approximate surface area is 109 Å². The molecule has 18 heavy (non-hydrogen) atoms. The van der Waals surface area contributed by atoms with E-state index in [1.807, 2.05) is 0 Å². The van der Waals surface area contributed by atoms with E-state index in [1.165, 1.54) is 19.3 Å². The first kappa shape index (κ1) is 12.4. The molecule has 4 heteroatoms. The van der Waals surface area contributed by atoms with Gasteiger partial charge in [-0.2, -0.15) is 0 Å². The molecule has 0 spiro atoms. The second-order valence-electron chi connectivity index (χ2n) is 6.39. The Morgan fingerprint density at radius 2 is 2.06 bits per heavy atom. The summed E-state index contributed by atoms with van der Waals surface area (Å²) in [6.45, 7) is 1.43. The fourth-order valence-electron chi connectivity index (χ4n) is 4.05. The van der Waals surface area contributed by atoms with Gasteiger partial charge in [0.15, 0.2) is 0 Å². The Morgan fingerprint density at radius 1 is 1.28 bits per heavy atom. The lowest BCUT2D eigenvalue weighted by molar-refractivity contribution is -0.125. The summed E-state index contributed by atoms with van der Waals surface area (Å²) in [6.07, 6.45) is 7.54. The van der Waals surface area contributed by atoms with E-state index in [-0.39, 0.29) is 11.9 Å². The Balaban J connectivity index is 1.52. The van der Waals surface area contributed by atoms with E-state index in [4.69, 9.17) is 0 Å². The molecule has 2 saturated carbocycles. The molecule has 0 aromatic heterocycles. The van der Waals surface area contributed by atoms with E-state index < -0.39 is 5.60 Å². The molecule has 3 aliphatic rings. The molecule has 1 aliphatic heterocycles. The molecule has 4 nitrogen and oxygen atoms in total. The van der Waals surface area contributed by atoms with Crippen LogP contribution in [0.15, 0.2) is 0 Å². The topological polar surface area (TPSA) is 61.4 Å². The van der Waals surface area contributed by atoms with Crippen molar-refractivity contribution >= 4 is 5.91 Å². The van der Waals surface area contributed by atoms with Crippen LogP contribution in [0.2, 0.25) is 0 Å². The minimum atomic E-state index is -0.636. The molecule has 3 atom stereocenters. The standard InChI is InChI=1S/C14H24N2O2/c17-13(16-9-14(18)6-1-2-7-14)12-11-5-3-4-10(11)8-15-12/h10-12,15,18H,1-9H2,(H,16,17). The van der Waals surface area contributed by atoms with E-state index >= 15 is 0 Å². The van der Waals surface area contributed by atoms with E-state index in [1.54, 1.807) is 0 Å². The first-order valence-electron chi connectivity index (χ1n) is 7.41. The van der Waals surface area contributed by atoms with Crippen LogP contribution in [0, 0.1) is 11.8 Å². The molecule has 3 N–H and O–H groups in total. The van der Waals surface area contributed by atoms with E-state index in [2.05, 4.69) is 10.6 Å². The van der Waals surface area contributed by atoms with Gasteiger partial charge in [-0.15, -0.1) is 0 Å². The monoisotopic (exact) mass is 252 g/mol. The summed E-state index contributed by atoms with van der Waals surface area (Å²) in [5.74, 6) is 1.34. The summed E-state index contributed by atoms with van der Waals surface area (Å²) < 4.78 is 0. The third kappa shape index (κ3) is 2.28. The van der Waals surface area contributed by atoms with Crippen molar-refractivity contribution < 1.29 is 9.90 Å². The van der Waals surface area contributed by atoms with E-state index in [0.29, 0.717) is 18.4 Å². The molecule has 2 aliphatic carbocycles. The van der Waals surface area contributed by atoms with E-state index in [0.717, 1.165) is 32.2 Å². The highest BCUT2D eigenvalue weighted by molar-refractivity contribution is 5.82. The molecule has 3 fully saturated rings. The fourth-order valence-corrected chi connectivity index (χ4v) is 4.05. The molecule has 102 valence electrons. The minimum absolute atomic E-state index is 0.0116. The first-order chi connectivity index (χ1) is 8.68. The number of carbonyl (C=O) groups excluding carboxylic acids is 1. The van der Waals surface area contributed by atoms with Crippen molar-refractivity contribution in [2.45, 2.75) is 56.6 Å². The van der Waals surface area contributed by atoms with Crippen LogP contribution in [0.5, 0.6) is 0 Å². The van der Waals surface area contributed by atoms with Crippen LogP contribution in [0.4, 0.5) is 0 Å². The van der Waals surface area contributed by atoms with Crippen molar-refractivity contribution in [3.05, 3.63) is 0 Å². The normalized spacial score (nSPS) is 37.7. The van der Waals surface area contributed by atoms with Gasteiger partial charge in [-0.05, 0) is 44.1 Å². The fraction of sp³-hybridized carbons (Fsp3) is 0.929. The van der Waals surface area contributed by atoms with Crippen molar-refractivity contribution in [1.82, 2.24) is 10.6 Å². The number of nitrogens with one attached hydrogen (secondary N) is 2. The van der Waals surface area contributed by atoms with Gasteiger partial charge in [0.1, 0.15) is 0 Å². The zero-order chi connectivity index (χ0) is 12.6. The van der Waals surface area contributed by atoms with Gasteiger partial charge >= 0.3 is 0 Å². The van der Waals surface area contributed by atoms with Crippen molar-refractivity contribution in [3.8, 4) is 0 Å². The molecule has 3 unspecified atom stereocenters. The van der Waals surface area contributed by atoms with Gasteiger partial charge in [-0.25, -0.2) is 0 Å². The van der Waals surface area contributed by atoms with Gasteiger partial charge < -0.3 is 15.7 Å². The second-order valence-corrected chi connectivity index (χ2v) is 6.39. The SMILES string of the molecule is O=C(NCC1(O)CCCC1)C1NCC2CCCC21. The predicted octanol–water partition coefficient (Wildman–Crippen LogP) is 0.796. The lowest BCUT2D eigenvalue weighted by atomic mass is 9.93. The van der Waals surface area contributed by atoms with Crippen LogP contribution in [0.1, 0.15) is 44.9 Å². The van der Waals surface area contributed by atoms with Gasteiger partial charge in [0.2, 0.25) is 5.91 Å². The quantitative estimate of drug-likeness (QED) is 0.696. The second kappa shape index (κ2) is 4.82. The maximum Gasteiger partial charge on any atom is 0.237 e. The van der Waals surface area contributed by atoms with Crippen LogP contribution in [0.25, 0.3) is 0 Å². The molecule has 1 saturated heterocycles. The van der Waals surface area contributed by atoms with Crippen molar-refractivity contribution in [3.63, 3.8) is 0 Å². The molecule has 1 amide bonds. The number of hydrogen-bond donors (Lipinski definition) is 3. The molecule has 0 radical (unpaired) electrons. The highest BCUT2D eigenvalue weighted by Crippen LogP contribution is 2.37. The summed E-state index contributed by atoms with van der Waals surface area (Å²) in [7, 11) is 0. The maximum atomic E-state index is 12.2. The molecule has 0 aromatic rings. The Kier molecular flexibility index (Phi) is 3.32. The summed E-state index contributed by atoms with van der Waals surface area (Å²) >= 11 is 0. The van der Waals surface area contributed by atoms with Crippen LogP contribution in [0.3, 0.4) is 0 Å². The highest BCUT2D eigenvalue weighted by atomic mass is 16.3. The number of hydrogen-bond acceptors (Lipinski definition) is 3. The maximum absolute atomic E-state index is 12.2. The van der Waals surface area contributed by atoms with Gasteiger partial charge in [0.05, 0.1) is 11.6 Å². The lowest BCUT2D eigenvalue weighted by Gasteiger charge is -2.24. The molecule has 1 heterocycles. The summed E-state index contributed by atoms with van der Waals surface area (Å²) in [5.41, 5.74) is -0.636. The Morgan fingerprint density at radius 3 is 2.83 bits per heavy atom. The van der Waals surface area contributed by atoms with Crippen LogP contribution in [-0.2, 0) is 4.79 Å². The zero-order valence-corrected chi connectivity index (χ0v) is 11.0. The number of rotatable bonds is 3.